The zero-order valence-electron chi connectivity index (χ0n) is 4.86. The summed E-state index contributed by atoms with van der Waals surface area (Å²) in [4.78, 5) is 8.86. The van der Waals surface area contributed by atoms with Crippen LogP contribution in [-0.4, -0.2) is 21.3 Å². The van der Waals surface area contributed by atoms with Crippen molar-refractivity contribution in [2.75, 3.05) is 5.34 Å². The molecule has 0 aromatic carbocycles. The Bertz CT molecular complexity index is 85.3. The molecule has 0 saturated carbocycles. The molecule has 0 unspecified atom stereocenters. The van der Waals surface area contributed by atoms with Crippen LogP contribution in [-0.2, 0) is 4.79 Å². The molecule has 10 heavy (non-hydrogen) atoms. The van der Waals surface area contributed by atoms with Gasteiger partial charge in [0.05, 0.1) is 11.8 Å². The fourth-order valence-corrected chi connectivity index (χ4v) is 0.396. The van der Waals surface area contributed by atoms with Gasteiger partial charge in [0.1, 0.15) is 4.84 Å². The Labute approximate surface area is 79.0 Å². The average Bonchev–Trinajstić information content (AvgIpc) is 1.62. The molecule has 0 atom stereocenters. The highest BCUT2D eigenvalue weighted by Crippen LogP contribution is 2.05. The van der Waals surface area contributed by atoms with Crippen LogP contribution in [0.25, 0.3) is 0 Å². The van der Waals surface area contributed by atoms with Crippen molar-refractivity contribution >= 4 is 52.4 Å². The zero-order chi connectivity index (χ0) is 8.57. The summed E-state index contributed by atoms with van der Waals surface area (Å²) < 4.78 is 0. The van der Waals surface area contributed by atoms with Crippen LogP contribution in [0.2, 0.25) is 0 Å². The first-order valence-corrected chi connectivity index (χ1v) is 4.10. The Morgan fingerprint density at radius 2 is 1.70 bits per heavy atom. The number of rotatable bonds is 2. The van der Waals surface area contributed by atoms with Gasteiger partial charge in [0, 0.05) is 0 Å². The molecule has 0 aromatic rings. The van der Waals surface area contributed by atoms with Crippen LogP contribution in [0.4, 0.5) is 0 Å². The molecule has 0 spiro atoms. The third-order valence-electron chi connectivity index (χ3n) is 0.329. The van der Waals surface area contributed by atoms with Gasteiger partial charge in [-0.15, -0.1) is 46.4 Å². The van der Waals surface area contributed by atoms with Crippen LogP contribution in [0, 0.1) is 0 Å². The van der Waals surface area contributed by atoms with E-state index in [1.807, 2.05) is 0 Å². The van der Waals surface area contributed by atoms with E-state index in [0.29, 0.717) is 0 Å². The number of hydrogen-bond acceptors (Lipinski definition) is 1. The second-order valence-corrected chi connectivity index (χ2v) is 3.18. The molecule has 1 N–H and O–H groups in total. The van der Waals surface area contributed by atoms with E-state index in [1.54, 1.807) is 0 Å². The lowest BCUT2D eigenvalue weighted by atomic mass is 10.5. The minimum atomic E-state index is -0.977. The van der Waals surface area contributed by atoms with Crippen molar-refractivity contribution in [1.29, 1.82) is 0 Å². The van der Waals surface area contributed by atoms with Crippen molar-refractivity contribution < 1.29 is 9.90 Å². The van der Waals surface area contributed by atoms with E-state index >= 15 is 0 Å². The van der Waals surface area contributed by atoms with Crippen molar-refractivity contribution in [3.63, 3.8) is 0 Å². The van der Waals surface area contributed by atoms with Crippen LogP contribution in [0.15, 0.2) is 0 Å². The Hall–Kier alpha value is 0.630. The highest BCUT2D eigenvalue weighted by atomic mass is 35.5. The quantitative estimate of drug-likeness (QED) is 0.737. The summed E-state index contributed by atoms with van der Waals surface area (Å²) in [5, 5.41) is 8.11. The van der Waals surface area contributed by atoms with E-state index in [-0.39, 0.29) is 11.8 Å². The highest BCUT2D eigenvalue weighted by molar-refractivity contribution is 6.45. The SMILES string of the molecule is ClCCl.O=C(O)CC(Cl)Cl. The topological polar surface area (TPSA) is 37.3 Å². The lowest BCUT2D eigenvalue weighted by molar-refractivity contribution is -0.136. The Morgan fingerprint density at radius 1 is 1.40 bits per heavy atom. The van der Waals surface area contributed by atoms with Crippen LogP contribution in [0.1, 0.15) is 6.42 Å². The van der Waals surface area contributed by atoms with Crippen molar-refractivity contribution in [3.05, 3.63) is 0 Å². The first-order valence-electron chi connectivity index (χ1n) is 2.16. The van der Waals surface area contributed by atoms with Crippen LogP contribution in [0.3, 0.4) is 0 Å². The van der Waals surface area contributed by atoms with Gasteiger partial charge in [-0.2, -0.15) is 0 Å². The average molecular weight is 228 g/mol. The maximum atomic E-state index is 9.64. The molecule has 0 bridgehead atoms. The summed E-state index contributed by atoms with van der Waals surface area (Å²) in [7, 11) is 0. The highest BCUT2D eigenvalue weighted by Gasteiger charge is 2.03. The molecule has 0 aliphatic carbocycles. The van der Waals surface area contributed by atoms with E-state index < -0.39 is 10.8 Å². The summed E-state index contributed by atoms with van der Waals surface area (Å²) in [5.74, 6) is -0.977. The Balaban J connectivity index is 0. The number of carboxylic acids is 1. The van der Waals surface area contributed by atoms with Gasteiger partial charge in [-0.3, -0.25) is 4.79 Å². The molecular weight excluding hydrogens is 222 g/mol. The fourth-order valence-electron chi connectivity index (χ4n) is 0.132. The van der Waals surface area contributed by atoms with Gasteiger partial charge in [0.15, 0.2) is 0 Å². The number of aliphatic carboxylic acids is 1. The predicted octanol–water partition coefficient (Wildman–Crippen LogP) is 2.69. The monoisotopic (exact) mass is 226 g/mol. The lowest BCUT2D eigenvalue weighted by Crippen LogP contribution is -1.99. The normalized spacial score (nSPS) is 8.50. The molecule has 0 fully saturated rings. The number of carbonyl (C=O) groups is 1. The van der Waals surface area contributed by atoms with E-state index in [1.165, 1.54) is 0 Å². The molecule has 0 heterocycles. The summed E-state index contributed by atoms with van der Waals surface area (Å²) >= 11 is 19.6. The van der Waals surface area contributed by atoms with E-state index in [0.717, 1.165) is 0 Å². The van der Waals surface area contributed by atoms with E-state index in [4.69, 9.17) is 51.5 Å². The molecule has 0 aliphatic rings. The maximum Gasteiger partial charge on any atom is 0.306 e. The molecule has 6 heteroatoms. The first kappa shape index (κ1) is 13.2. The van der Waals surface area contributed by atoms with Crippen LogP contribution >= 0.6 is 46.4 Å². The maximum absolute atomic E-state index is 9.64. The van der Waals surface area contributed by atoms with Gasteiger partial charge in [-0.25, -0.2) is 0 Å². The molecule has 0 rings (SSSR count). The molecule has 2 nitrogen and oxygen atoms in total. The van der Waals surface area contributed by atoms with Crippen molar-refractivity contribution in [1.82, 2.24) is 0 Å². The zero-order valence-corrected chi connectivity index (χ0v) is 7.88. The molecule has 62 valence electrons. The third kappa shape index (κ3) is 23.4. The number of hydrogen-bond donors (Lipinski definition) is 1. The number of alkyl halides is 4. The number of halogens is 4. The molecule has 0 radical (unpaired) electrons. The van der Waals surface area contributed by atoms with Gasteiger partial charge in [-0.05, 0) is 0 Å². The smallest absolute Gasteiger partial charge is 0.306 e. The van der Waals surface area contributed by atoms with Gasteiger partial charge >= 0.3 is 5.97 Å². The summed E-state index contributed by atoms with van der Waals surface area (Å²) in [6.45, 7) is 0. The van der Waals surface area contributed by atoms with Crippen molar-refractivity contribution in [2.24, 2.45) is 0 Å². The second-order valence-electron chi connectivity index (χ2n) is 1.09. The van der Waals surface area contributed by atoms with Crippen LogP contribution in [0.5, 0.6) is 0 Å². The van der Waals surface area contributed by atoms with Crippen molar-refractivity contribution in [3.8, 4) is 0 Å². The fraction of sp³-hybridized carbons (Fsp3) is 0.750. The van der Waals surface area contributed by atoms with Gasteiger partial charge in [0.2, 0.25) is 0 Å². The van der Waals surface area contributed by atoms with Gasteiger partial charge in [0.25, 0.3) is 0 Å². The lowest BCUT2D eigenvalue weighted by Gasteiger charge is -1.89. The molecule has 0 saturated heterocycles. The van der Waals surface area contributed by atoms with Crippen molar-refractivity contribution in [2.45, 2.75) is 11.3 Å². The van der Waals surface area contributed by atoms with Gasteiger partial charge < -0.3 is 5.11 Å². The Kier molecular flexibility index (Phi) is 12.7. The van der Waals surface area contributed by atoms with E-state index in [9.17, 15) is 4.79 Å². The van der Waals surface area contributed by atoms with Crippen LogP contribution < -0.4 is 0 Å². The standard InChI is InChI=1S/C3H4Cl2O2.CH2Cl2/c4-2(5)1-3(6)7;2-1-3/h2H,1H2,(H,6,7);1H2. The molecule has 0 amide bonds. The minimum Gasteiger partial charge on any atom is -0.481 e. The molecule has 0 aromatic heterocycles. The van der Waals surface area contributed by atoms with E-state index in [2.05, 4.69) is 0 Å². The minimum absolute atomic E-state index is 0.191. The third-order valence-corrected chi connectivity index (χ3v) is 0.638. The molecular formula is C4H6Cl4O2. The summed E-state index contributed by atoms with van der Waals surface area (Å²) in [6, 6.07) is 0. The van der Waals surface area contributed by atoms with Gasteiger partial charge in [-0.1, -0.05) is 0 Å². The molecule has 0 aliphatic heterocycles. The second kappa shape index (κ2) is 9.63. The predicted molar refractivity (Wildman–Crippen MR) is 44.3 cm³/mol. The first-order chi connectivity index (χ1) is 4.54. The largest absolute Gasteiger partial charge is 0.481 e. The number of carboxylic acid groups (broad SMARTS) is 1. The summed E-state index contributed by atoms with van der Waals surface area (Å²) in [5.41, 5.74) is 0. The Morgan fingerprint density at radius 3 is 1.70 bits per heavy atom. The summed E-state index contributed by atoms with van der Waals surface area (Å²) in [6.07, 6.45) is -0.191.